The number of halogens is 2. The van der Waals surface area contributed by atoms with Crippen LogP contribution in [-0.4, -0.2) is 39.2 Å². The van der Waals surface area contributed by atoms with Crippen LogP contribution in [0.1, 0.15) is 17.3 Å². The highest BCUT2D eigenvalue weighted by Crippen LogP contribution is 2.16. The van der Waals surface area contributed by atoms with Crippen LogP contribution >= 0.6 is 23.2 Å². The van der Waals surface area contributed by atoms with Crippen LogP contribution in [0.3, 0.4) is 0 Å². The molecule has 1 aromatic heterocycles. The summed E-state index contributed by atoms with van der Waals surface area (Å²) in [6, 6.07) is 1.23. The van der Waals surface area contributed by atoms with Crippen LogP contribution in [0, 0.1) is 0 Å². The minimum atomic E-state index is -1.43. The summed E-state index contributed by atoms with van der Waals surface area (Å²) < 4.78 is 0. The minimum Gasteiger partial charge on any atom is -0.480 e. The Morgan fingerprint density at radius 1 is 1.39 bits per heavy atom. The molecule has 1 amide bonds. The van der Waals surface area contributed by atoms with Gasteiger partial charge in [-0.05, 0) is 19.1 Å². The van der Waals surface area contributed by atoms with E-state index < -0.39 is 24.0 Å². The van der Waals surface area contributed by atoms with Gasteiger partial charge in [0.15, 0.2) is 6.04 Å². The summed E-state index contributed by atoms with van der Waals surface area (Å²) in [4.78, 5) is 26.2. The van der Waals surface area contributed by atoms with Crippen LogP contribution < -0.4 is 5.32 Å². The number of pyridine rings is 1. The molecule has 98 valence electrons. The van der Waals surface area contributed by atoms with Crippen molar-refractivity contribution in [3.05, 3.63) is 28.0 Å². The van der Waals surface area contributed by atoms with E-state index in [-0.39, 0.29) is 15.9 Å². The van der Waals surface area contributed by atoms with E-state index in [1.54, 1.807) is 0 Å². The number of aliphatic hydroxyl groups is 1. The number of nitrogens with one attached hydrogen (secondary N) is 1. The van der Waals surface area contributed by atoms with Crippen molar-refractivity contribution < 1.29 is 19.8 Å². The van der Waals surface area contributed by atoms with Crippen molar-refractivity contribution in [2.24, 2.45) is 0 Å². The first-order chi connectivity index (χ1) is 8.32. The van der Waals surface area contributed by atoms with Gasteiger partial charge in [0.25, 0.3) is 5.91 Å². The number of nitrogens with zero attached hydrogens (tertiary/aromatic N) is 1. The molecule has 0 fully saturated rings. The largest absolute Gasteiger partial charge is 0.480 e. The Bertz CT molecular complexity index is 479. The van der Waals surface area contributed by atoms with E-state index >= 15 is 0 Å². The van der Waals surface area contributed by atoms with Crippen LogP contribution in [0.15, 0.2) is 12.1 Å². The van der Waals surface area contributed by atoms with Gasteiger partial charge in [-0.3, -0.25) is 4.79 Å². The van der Waals surface area contributed by atoms with Crippen molar-refractivity contribution in [3.8, 4) is 0 Å². The number of carbonyl (C=O) groups is 2. The average Bonchev–Trinajstić information content (AvgIpc) is 2.24. The Hall–Kier alpha value is -1.37. The van der Waals surface area contributed by atoms with Gasteiger partial charge in [-0.15, -0.1) is 0 Å². The topological polar surface area (TPSA) is 99.5 Å². The Labute approximate surface area is 113 Å². The smallest absolute Gasteiger partial charge is 0.328 e. The zero-order valence-corrected chi connectivity index (χ0v) is 10.7. The van der Waals surface area contributed by atoms with Crippen LogP contribution in [0.2, 0.25) is 10.3 Å². The molecule has 6 nitrogen and oxygen atoms in total. The molecule has 0 aliphatic carbocycles. The van der Waals surface area contributed by atoms with E-state index in [0.29, 0.717) is 0 Å². The lowest BCUT2D eigenvalue weighted by atomic mass is 10.1. The summed E-state index contributed by atoms with van der Waals surface area (Å²) in [7, 11) is 0. The summed E-state index contributed by atoms with van der Waals surface area (Å²) in [5.41, 5.74) is -0.0204. The Morgan fingerprint density at radius 3 is 2.44 bits per heavy atom. The van der Waals surface area contributed by atoms with Gasteiger partial charge in [0.1, 0.15) is 10.3 Å². The molecule has 0 saturated carbocycles. The maximum absolute atomic E-state index is 11.7. The lowest BCUT2D eigenvalue weighted by Gasteiger charge is -2.17. The van der Waals surface area contributed by atoms with Gasteiger partial charge in [0.05, 0.1) is 11.7 Å². The van der Waals surface area contributed by atoms with Crippen LogP contribution in [0.5, 0.6) is 0 Å². The minimum absolute atomic E-state index is 0.0204. The van der Waals surface area contributed by atoms with Crippen molar-refractivity contribution in [3.63, 3.8) is 0 Å². The summed E-state index contributed by atoms with van der Waals surface area (Å²) in [5, 5.41) is 20.1. The Balaban J connectivity index is 2.91. The van der Waals surface area contributed by atoms with Crippen LogP contribution in [0.4, 0.5) is 0 Å². The first-order valence-electron chi connectivity index (χ1n) is 4.86. The van der Waals surface area contributed by atoms with Gasteiger partial charge in [-0.1, -0.05) is 23.2 Å². The molecule has 3 N–H and O–H groups in total. The Morgan fingerprint density at radius 2 is 2.00 bits per heavy atom. The molecule has 2 unspecified atom stereocenters. The monoisotopic (exact) mass is 292 g/mol. The second-order valence-corrected chi connectivity index (χ2v) is 4.25. The van der Waals surface area contributed by atoms with E-state index in [2.05, 4.69) is 10.3 Å². The highest BCUT2D eigenvalue weighted by molar-refractivity contribution is 6.34. The normalized spacial score (nSPS) is 13.8. The predicted octanol–water partition coefficient (Wildman–Crippen LogP) is 0.952. The van der Waals surface area contributed by atoms with Crippen LogP contribution in [0.25, 0.3) is 0 Å². The molecule has 8 heteroatoms. The van der Waals surface area contributed by atoms with Gasteiger partial charge < -0.3 is 15.5 Å². The maximum atomic E-state index is 11.7. The van der Waals surface area contributed by atoms with E-state index in [9.17, 15) is 14.7 Å². The molecular weight excluding hydrogens is 283 g/mol. The molecule has 0 radical (unpaired) electrons. The molecule has 1 heterocycles. The standard InChI is InChI=1S/C10H10Cl2N2O4/c1-4(15)7(10(17)18)14-9(16)5-2-3-6(11)13-8(5)12/h2-4,7,15H,1H3,(H,14,16)(H,17,18). The molecule has 0 aliphatic heterocycles. The van der Waals surface area contributed by atoms with Crippen LogP contribution in [-0.2, 0) is 4.79 Å². The summed E-state index contributed by atoms with van der Waals surface area (Å²) >= 11 is 11.3. The number of aliphatic hydroxyl groups excluding tert-OH is 1. The maximum Gasteiger partial charge on any atom is 0.328 e. The number of hydrogen-bond donors (Lipinski definition) is 3. The lowest BCUT2D eigenvalue weighted by molar-refractivity contribution is -0.141. The SMILES string of the molecule is CC(O)C(NC(=O)c1ccc(Cl)nc1Cl)C(=O)O. The molecule has 0 spiro atoms. The molecule has 0 aliphatic rings. The van der Waals surface area contributed by atoms with Crippen molar-refractivity contribution >= 4 is 35.1 Å². The number of rotatable bonds is 4. The van der Waals surface area contributed by atoms with Crippen molar-refractivity contribution in [1.82, 2.24) is 10.3 Å². The van der Waals surface area contributed by atoms with E-state index in [0.717, 1.165) is 0 Å². The highest BCUT2D eigenvalue weighted by atomic mass is 35.5. The number of carboxylic acids is 1. The third-order valence-corrected chi connectivity index (χ3v) is 2.59. The number of amides is 1. The number of aliphatic carboxylic acids is 1. The van der Waals surface area contributed by atoms with Gasteiger partial charge in [0.2, 0.25) is 0 Å². The van der Waals surface area contributed by atoms with E-state index in [1.165, 1.54) is 19.1 Å². The van der Waals surface area contributed by atoms with Crippen molar-refractivity contribution in [1.29, 1.82) is 0 Å². The Kier molecular flexibility index (Phi) is 4.89. The summed E-state index contributed by atoms with van der Waals surface area (Å²) in [6.07, 6.45) is -1.24. The molecule has 1 rings (SSSR count). The fraction of sp³-hybridized carbons (Fsp3) is 0.300. The number of hydrogen-bond acceptors (Lipinski definition) is 4. The summed E-state index contributed by atoms with van der Waals surface area (Å²) in [6.45, 7) is 1.25. The molecular formula is C10H10Cl2N2O4. The zero-order valence-electron chi connectivity index (χ0n) is 9.22. The average molecular weight is 293 g/mol. The fourth-order valence-corrected chi connectivity index (χ4v) is 1.62. The molecule has 1 aromatic rings. The molecule has 18 heavy (non-hydrogen) atoms. The lowest BCUT2D eigenvalue weighted by Crippen LogP contribution is -2.47. The number of carboxylic acid groups (broad SMARTS) is 1. The third kappa shape index (κ3) is 3.56. The third-order valence-electron chi connectivity index (χ3n) is 2.09. The molecule has 2 atom stereocenters. The van der Waals surface area contributed by atoms with Gasteiger partial charge in [-0.25, -0.2) is 9.78 Å². The quantitative estimate of drug-likeness (QED) is 0.718. The molecule has 0 aromatic carbocycles. The molecule has 0 bridgehead atoms. The predicted molar refractivity (Wildman–Crippen MR) is 64.8 cm³/mol. The molecule has 0 saturated heterocycles. The first kappa shape index (κ1) is 14.7. The van der Waals surface area contributed by atoms with Gasteiger partial charge >= 0.3 is 5.97 Å². The first-order valence-corrected chi connectivity index (χ1v) is 5.62. The van der Waals surface area contributed by atoms with E-state index in [4.69, 9.17) is 28.3 Å². The fourth-order valence-electron chi connectivity index (χ4n) is 1.19. The van der Waals surface area contributed by atoms with E-state index in [1.807, 2.05) is 0 Å². The number of carbonyl (C=O) groups excluding carboxylic acids is 1. The van der Waals surface area contributed by atoms with Crippen molar-refractivity contribution in [2.75, 3.05) is 0 Å². The van der Waals surface area contributed by atoms with Gasteiger partial charge in [0, 0.05) is 0 Å². The number of aromatic nitrogens is 1. The second-order valence-electron chi connectivity index (χ2n) is 3.50. The second kappa shape index (κ2) is 5.99. The summed E-state index contributed by atoms with van der Waals surface area (Å²) in [5.74, 6) is -2.10. The highest BCUT2D eigenvalue weighted by Gasteiger charge is 2.26. The zero-order chi connectivity index (χ0) is 13.9. The van der Waals surface area contributed by atoms with Crippen molar-refractivity contribution in [2.45, 2.75) is 19.1 Å². The van der Waals surface area contributed by atoms with Gasteiger partial charge in [-0.2, -0.15) is 0 Å².